The third kappa shape index (κ3) is 5.31. The molecule has 0 saturated heterocycles. The highest BCUT2D eigenvalue weighted by Crippen LogP contribution is 2.27. The predicted octanol–water partition coefficient (Wildman–Crippen LogP) is 4.92. The van der Waals surface area contributed by atoms with Crippen molar-refractivity contribution in [1.82, 2.24) is 30.0 Å². The predicted molar refractivity (Wildman–Crippen MR) is 135 cm³/mol. The van der Waals surface area contributed by atoms with E-state index in [1.165, 1.54) is 11.3 Å². The maximum atomic E-state index is 12.6. The zero-order valence-corrected chi connectivity index (χ0v) is 21.1. The van der Waals surface area contributed by atoms with Crippen molar-refractivity contribution < 1.29 is 4.79 Å². The molecule has 0 saturated carbocycles. The van der Waals surface area contributed by atoms with Crippen LogP contribution in [0.25, 0.3) is 11.3 Å². The van der Waals surface area contributed by atoms with Crippen LogP contribution in [0.15, 0.2) is 42.9 Å². The van der Waals surface area contributed by atoms with Crippen molar-refractivity contribution in [3.05, 3.63) is 69.6 Å². The SMILES string of the molecule is Cc1cc(-c2ccnc(Nc3cn(C)nc3C)n2)ccc1CNC(=O)c1cnc(C(C)(C)C)s1. The number of benzene rings is 1. The molecule has 4 rings (SSSR count). The lowest BCUT2D eigenvalue weighted by Gasteiger charge is -2.13. The number of nitrogens with zero attached hydrogens (tertiary/aromatic N) is 5. The molecule has 9 heteroatoms. The summed E-state index contributed by atoms with van der Waals surface area (Å²) in [6.07, 6.45) is 5.29. The third-order valence-electron chi connectivity index (χ3n) is 5.36. The van der Waals surface area contributed by atoms with Crippen LogP contribution in [-0.4, -0.2) is 30.6 Å². The van der Waals surface area contributed by atoms with Gasteiger partial charge >= 0.3 is 0 Å². The van der Waals surface area contributed by atoms with Crippen molar-refractivity contribution in [2.24, 2.45) is 7.05 Å². The molecule has 3 aromatic heterocycles. The molecule has 4 aromatic rings. The van der Waals surface area contributed by atoms with Crippen LogP contribution in [0.2, 0.25) is 0 Å². The van der Waals surface area contributed by atoms with Crippen molar-refractivity contribution in [2.45, 2.75) is 46.6 Å². The number of aromatic nitrogens is 5. The number of thiazole rings is 1. The number of anilines is 2. The molecule has 0 aliphatic rings. The highest BCUT2D eigenvalue weighted by molar-refractivity contribution is 7.13. The number of rotatable bonds is 6. The second-order valence-electron chi connectivity index (χ2n) is 9.30. The Kier molecular flexibility index (Phi) is 6.47. The second-order valence-corrected chi connectivity index (χ2v) is 10.3. The van der Waals surface area contributed by atoms with E-state index < -0.39 is 0 Å². The van der Waals surface area contributed by atoms with Crippen LogP contribution in [0, 0.1) is 13.8 Å². The topological polar surface area (TPSA) is 97.6 Å². The molecule has 2 N–H and O–H groups in total. The molecule has 1 aromatic carbocycles. The van der Waals surface area contributed by atoms with Crippen molar-refractivity contribution in [3.8, 4) is 11.3 Å². The van der Waals surface area contributed by atoms with Gasteiger partial charge in [0.1, 0.15) is 4.88 Å². The van der Waals surface area contributed by atoms with E-state index in [-0.39, 0.29) is 11.3 Å². The minimum absolute atomic E-state index is 0.0667. The summed E-state index contributed by atoms with van der Waals surface area (Å²) in [5, 5.41) is 11.5. The molecule has 3 heterocycles. The van der Waals surface area contributed by atoms with Gasteiger partial charge in [-0.1, -0.05) is 32.9 Å². The highest BCUT2D eigenvalue weighted by Gasteiger charge is 2.20. The molecule has 0 bridgehead atoms. The molecule has 0 atom stereocenters. The van der Waals surface area contributed by atoms with Gasteiger partial charge < -0.3 is 10.6 Å². The molecule has 0 aliphatic carbocycles. The summed E-state index contributed by atoms with van der Waals surface area (Å²) in [7, 11) is 1.88. The first kappa shape index (κ1) is 23.6. The molecule has 0 fully saturated rings. The molecule has 0 unspecified atom stereocenters. The average Bonchev–Trinajstić information content (AvgIpc) is 3.40. The van der Waals surface area contributed by atoms with E-state index in [1.807, 2.05) is 45.3 Å². The number of hydrogen-bond acceptors (Lipinski definition) is 7. The maximum absolute atomic E-state index is 12.6. The Balaban J connectivity index is 1.44. The lowest BCUT2D eigenvalue weighted by Crippen LogP contribution is -2.22. The number of hydrogen-bond donors (Lipinski definition) is 2. The Morgan fingerprint density at radius 3 is 2.59 bits per heavy atom. The van der Waals surface area contributed by atoms with Crippen molar-refractivity contribution in [3.63, 3.8) is 0 Å². The number of nitrogens with one attached hydrogen (secondary N) is 2. The summed E-state index contributed by atoms with van der Waals surface area (Å²) in [4.78, 5) is 26.6. The summed E-state index contributed by atoms with van der Waals surface area (Å²) in [6, 6.07) is 8.00. The molecule has 0 aliphatic heterocycles. The fourth-order valence-electron chi connectivity index (χ4n) is 3.46. The zero-order valence-electron chi connectivity index (χ0n) is 20.3. The Labute approximate surface area is 203 Å². The summed E-state index contributed by atoms with van der Waals surface area (Å²) < 4.78 is 1.75. The number of carbonyl (C=O) groups is 1. The van der Waals surface area contributed by atoms with Crippen LogP contribution >= 0.6 is 11.3 Å². The monoisotopic (exact) mass is 475 g/mol. The summed E-state index contributed by atoms with van der Waals surface area (Å²) in [6.45, 7) is 10.7. The van der Waals surface area contributed by atoms with Crippen LogP contribution in [0.3, 0.4) is 0 Å². The smallest absolute Gasteiger partial charge is 0.263 e. The largest absolute Gasteiger partial charge is 0.347 e. The Hall–Kier alpha value is -3.59. The van der Waals surface area contributed by atoms with E-state index in [0.29, 0.717) is 17.4 Å². The van der Waals surface area contributed by atoms with Crippen LogP contribution in [0.5, 0.6) is 0 Å². The lowest BCUT2D eigenvalue weighted by atomic mass is 9.98. The fraction of sp³-hybridized carbons (Fsp3) is 0.320. The van der Waals surface area contributed by atoms with E-state index in [9.17, 15) is 4.79 Å². The molecular formula is C25H29N7OS. The molecule has 0 spiro atoms. The third-order valence-corrected chi connectivity index (χ3v) is 6.79. The van der Waals surface area contributed by atoms with Gasteiger partial charge in [-0.05, 0) is 37.1 Å². The zero-order chi connectivity index (χ0) is 24.5. The van der Waals surface area contributed by atoms with E-state index in [2.05, 4.69) is 57.5 Å². The summed E-state index contributed by atoms with van der Waals surface area (Å²) in [5.41, 5.74) is 5.62. The average molecular weight is 476 g/mol. The first-order valence-electron chi connectivity index (χ1n) is 11.0. The summed E-state index contributed by atoms with van der Waals surface area (Å²) in [5.74, 6) is 0.412. The van der Waals surface area contributed by atoms with E-state index in [1.54, 1.807) is 17.1 Å². The highest BCUT2D eigenvalue weighted by atomic mass is 32.1. The van der Waals surface area contributed by atoms with Gasteiger partial charge in [-0.25, -0.2) is 15.0 Å². The van der Waals surface area contributed by atoms with Crippen molar-refractivity contribution in [2.75, 3.05) is 5.32 Å². The minimum Gasteiger partial charge on any atom is -0.347 e. The van der Waals surface area contributed by atoms with Crippen LogP contribution in [-0.2, 0) is 19.0 Å². The standard InChI is InChI=1S/C25H29N7OS/c1-15-11-17(19-9-10-26-24(29-19)30-20-14-32(6)31-16(20)2)7-8-18(15)12-27-22(33)21-13-28-23(34-21)25(3,4)5/h7-11,13-14H,12H2,1-6H3,(H,27,33)(H,26,29,30). The fourth-order valence-corrected chi connectivity index (χ4v) is 4.35. The van der Waals surface area contributed by atoms with Gasteiger partial charge in [0.25, 0.3) is 5.91 Å². The van der Waals surface area contributed by atoms with Gasteiger partial charge in [-0.2, -0.15) is 5.10 Å². The van der Waals surface area contributed by atoms with Crippen molar-refractivity contribution >= 4 is 28.9 Å². The molecule has 176 valence electrons. The Morgan fingerprint density at radius 1 is 1.15 bits per heavy atom. The Morgan fingerprint density at radius 2 is 1.94 bits per heavy atom. The quantitative estimate of drug-likeness (QED) is 0.411. The van der Waals surface area contributed by atoms with Crippen LogP contribution < -0.4 is 10.6 Å². The molecule has 1 amide bonds. The molecule has 8 nitrogen and oxygen atoms in total. The van der Waals surface area contributed by atoms with Gasteiger partial charge in [0, 0.05) is 37.0 Å². The Bertz CT molecular complexity index is 1330. The van der Waals surface area contributed by atoms with E-state index >= 15 is 0 Å². The van der Waals surface area contributed by atoms with Gasteiger partial charge in [0.15, 0.2) is 0 Å². The number of aryl methyl sites for hydroxylation is 3. The number of carbonyl (C=O) groups excluding carboxylic acids is 1. The van der Waals surface area contributed by atoms with Gasteiger partial charge in [0.05, 0.1) is 28.3 Å². The molecule has 0 radical (unpaired) electrons. The second kappa shape index (κ2) is 9.34. The van der Waals surface area contributed by atoms with Gasteiger partial charge in [-0.15, -0.1) is 11.3 Å². The normalized spacial score (nSPS) is 11.5. The summed E-state index contributed by atoms with van der Waals surface area (Å²) >= 11 is 1.44. The lowest BCUT2D eigenvalue weighted by molar-refractivity contribution is 0.0954. The van der Waals surface area contributed by atoms with Crippen molar-refractivity contribution in [1.29, 1.82) is 0 Å². The van der Waals surface area contributed by atoms with E-state index in [0.717, 1.165) is 38.8 Å². The molecule has 34 heavy (non-hydrogen) atoms. The van der Waals surface area contributed by atoms with Crippen LogP contribution in [0.4, 0.5) is 11.6 Å². The maximum Gasteiger partial charge on any atom is 0.263 e. The first-order chi connectivity index (χ1) is 16.1. The molecular weight excluding hydrogens is 446 g/mol. The van der Waals surface area contributed by atoms with Crippen LogP contribution in [0.1, 0.15) is 52.3 Å². The van der Waals surface area contributed by atoms with Gasteiger partial charge in [0.2, 0.25) is 5.95 Å². The number of amides is 1. The van der Waals surface area contributed by atoms with Gasteiger partial charge in [-0.3, -0.25) is 9.48 Å². The van der Waals surface area contributed by atoms with E-state index in [4.69, 9.17) is 0 Å². The first-order valence-corrected chi connectivity index (χ1v) is 11.9. The minimum atomic E-state index is -0.103.